The zero-order valence-corrected chi connectivity index (χ0v) is 12.7. The van der Waals surface area contributed by atoms with Crippen LogP contribution in [0.15, 0.2) is 42.9 Å². The van der Waals surface area contributed by atoms with Crippen molar-refractivity contribution in [2.45, 2.75) is 31.5 Å². The molecule has 23 heavy (non-hydrogen) atoms. The number of benzene rings is 1. The minimum absolute atomic E-state index is 0.123. The third-order valence-electron chi connectivity index (χ3n) is 4.49. The summed E-state index contributed by atoms with van der Waals surface area (Å²) in [4.78, 5) is 15.7. The molecule has 3 N–H and O–H groups in total. The van der Waals surface area contributed by atoms with Crippen LogP contribution < -0.4 is 5.32 Å². The van der Waals surface area contributed by atoms with E-state index >= 15 is 0 Å². The maximum Gasteiger partial charge on any atom is 0.253 e. The third kappa shape index (κ3) is 2.31. The lowest BCUT2D eigenvalue weighted by Gasteiger charge is -2.41. The molecule has 1 aromatic carbocycles. The van der Waals surface area contributed by atoms with Gasteiger partial charge >= 0.3 is 0 Å². The molecule has 0 spiro atoms. The van der Waals surface area contributed by atoms with Crippen LogP contribution in [0.25, 0.3) is 10.9 Å². The molecule has 1 saturated carbocycles. The van der Waals surface area contributed by atoms with Crippen LogP contribution in [0.4, 0.5) is 0 Å². The number of nitrogens with zero attached hydrogens (tertiary/aromatic N) is 2. The Balaban J connectivity index is 1.56. The van der Waals surface area contributed by atoms with Crippen LogP contribution in [0.5, 0.6) is 0 Å². The predicted molar refractivity (Wildman–Crippen MR) is 86.2 cm³/mol. The molecular formula is C17H18N4O2. The molecule has 6 nitrogen and oxygen atoms in total. The number of hydrogen-bond acceptors (Lipinski definition) is 3. The fourth-order valence-electron chi connectivity index (χ4n) is 3.23. The Hall–Kier alpha value is -2.60. The summed E-state index contributed by atoms with van der Waals surface area (Å²) in [6.07, 6.45) is 5.52. The molecule has 1 aliphatic rings. The number of H-pyrrole nitrogens is 1. The first-order valence-electron chi connectivity index (χ1n) is 7.69. The van der Waals surface area contributed by atoms with Gasteiger partial charge in [0.15, 0.2) is 0 Å². The monoisotopic (exact) mass is 310 g/mol. The Morgan fingerprint density at radius 2 is 2.30 bits per heavy atom. The number of aliphatic hydroxyl groups excluding tert-OH is 1. The second-order valence-electron chi connectivity index (χ2n) is 6.12. The van der Waals surface area contributed by atoms with Gasteiger partial charge in [-0.15, -0.1) is 0 Å². The Morgan fingerprint density at radius 1 is 1.43 bits per heavy atom. The van der Waals surface area contributed by atoms with E-state index in [9.17, 15) is 9.90 Å². The summed E-state index contributed by atoms with van der Waals surface area (Å²) in [5, 5.41) is 18.3. The van der Waals surface area contributed by atoms with Crippen LogP contribution in [-0.4, -0.2) is 37.9 Å². The Kier molecular flexibility index (Phi) is 3.20. The van der Waals surface area contributed by atoms with Gasteiger partial charge in [0.2, 0.25) is 0 Å². The van der Waals surface area contributed by atoms with E-state index < -0.39 is 6.10 Å². The summed E-state index contributed by atoms with van der Waals surface area (Å²) in [5.41, 5.74) is 2.48. The molecule has 0 radical (unpaired) electrons. The summed E-state index contributed by atoms with van der Waals surface area (Å²) in [5.74, 6) is -0.135. The maximum absolute atomic E-state index is 12.6. The molecule has 3 atom stereocenters. The number of amides is 1. The van der Waals surface area contributed by atoms with Crippen LogP contribution in [-0.2, 0) is 0 Å². The number of carbonyl (C=O) groups excluding carboxylic acids is 1. The molecular weight excluding hydrogens is 292 g/mol. The van der Waals surface area contributed by atoms with E-state index in [1.165, 1.54) is 0 Å². The van der Waals surface area contributed by atoms with Crippen molar-refractivity contribution in [3.63, 3.8) is 0 Å². The number of rotatable bonds is 3. The standard InChI is InChI=1S/C17H18N4O2/c1-10-8-19-21(9-10)16-13(7-14(16)22)20-17(23)12-4-2-3-11-5-6-18-15(11)12/h2-6,8-9,13-14,16,18,22H,7H2,1H3,(H,20,23)/t13-,14+,16+/m0/s1. The van der Waals surface area contributed by atoms with Crippen molar-refractivity contribution in [1.29, 1.82) is 0 Å². The number of aromatic nitrogens is 3. The number of aromatic amines is 1. The summed E-state index contributed by atoms with van der Waals surface area (Å²) in [7, 11) is 0. The van der Waals surface area contributed by atoms with Gasteiger partial charge < -0.3 is 15.4 Å². The van der Waals surface area contributed by atoms with Crippen molar-refractivity contribution in [2.24, 2.45) is 0 Å². The lowest BCUT2D eigenvalue weighted by atomic mass is 9.83. The fourth-order valence-corrected chi connectivity index (χ4v) is 3.23. The van der Waals surface area contributed by atoms with Crippen molar-refractivity contribution >= 4 is 16.8 Å². The number of para-hydroxylation sites is 1. The first-order chi connectivity index (χ1) is 11.1. The van der Waals surface area contributed by atoms with Crippen LogP contribution >= 0.6 is 0 Å². The summed E-state index contributed by atoms with van der Waals surface area (Å²) < 4.78 is 1.74. The Labute approximate surface area is 133 Å². The highest BCUT2D eigenvalue weighted by molar-refractivity contribution is 6.05. The highest BCUT2D eigenvalue weighted by Crippen LogP contribution is 2.33. The zero-order chi connectivity index (χ0) is 16.0. The normalized spacial score (nSPS) is 23.7. The molecule has 118 valence electrons. The van der Waals surface area contributed by atoms with E-state index in [-0.39, 0.29) is 18.0 Å². The van der Waals surface area contributed by atoms with Gasteiger partial charge in [-0.25, -0.2) is 0 Å². The van der Waals surface area contributed by atoms with E-state index in [4.69, 9.17) is 0 Å². The fraction of sp³-hybridized carbons (Fsp3) is 0.294. The molecule has 1 aliphatic carbocycles. The van der Waals surface area contributed by atoms with Crippen molar-refractivity contribution < 1.29 is 9.90 Å². The summed E-state index contributed by atoms with van der Waals surface area (Å²) in [6, 6.07) is 7.24. The number of carbonyl (C=O) groups is 1. The van der Waals surface area contributed by atoms with Crippen LogP contribution in [0.2, 0.25) is 0 Å². The summed E-state index contributed by atoms with van der Waals surface area (Å²) >= 11 is 0. The molecule has 0 aliphatic heterocycles. The average molecular weight is 310 g/mol. The van der Waals surface area contributed by atoms with Gasteiger partial charge in [-0.1, -0.05) is 12.1 Å². The molecule has 2 aromatic heterocycles. The number of aryl methyl sites for hydroxylation is 1. The molecule has 1 amide bonds. The minimum Gasteiger partial charge on any atom is -0.391 e. The van der Waals surface area contributed by atoms with Crippen molar-refractivity contribution in [3.8, 4) is 0 Å². The quantitative estimate of drug-likeness (QED) is 0.689. The van der Waals surface area contributed by atoms with Crippen molar-refractivity contribution in [2.75, 3.05) is 0 Å². The zero-order valence-electron chi connectivity index (χ0n) is 12.7. The van der Waals surface area contributed by atoms with E-state index in [1.54, 1.807) is 16.9 Å². The second kappa shape index (κ2) is 5.24. The predicted octanol–water partition coefficient (Wildman–Crippen LogP) is 1.78. The topological polar surface area (TPSA) is 82.9 Å². The van der Waals surface area contributed by atoms with Crippen molar-refractivity contribution in [1.82, 2.24) is 20.1 Å². The van der Waals surface area contributed by atoms with Crippen molar-refractivity contribution in [3.05, 3.63) is 54.0 Å². The van der Waals surface area contributed by atoms with Gasteiger partial charge in [-0.2, -0.15) is 5.10 Å². The second-order valence-corrected chi connectivity index (χ2v) is 6.12. The smallest absolute Gasteiger partial charge is 0.253 e. The molecule has 1 fully saturated rings. The van der Waals surface area contributed by atoms with Crippen LogP contribution in [0.3, 0.4) is 0 Å². The summed E-state index contributed by atoms with van der Waals surface area (Å²) in [6.45, 7) is 1.95. The largest absolute Gasteiger partial charge is 0.391 e. The van der Waals surface area contributed by atoms with Gasteiger partial charge in [-0.05, 0) is 31.0 Å². The first kappa shape index (κ1) is 14.0. The number of aliphatic hydroxyl groups is 1. The molecule has 0 bridgehead atoms. The highest BCUT2D eigenvalue weighted by Gasteiger charge is 2.42. The lowest BCUT2D eigenvalue weighted by molar-refractivity contribution is -0.00587. The average Bonchev–Trinajstić information content (AvgIpc) is 3.14. The molecule has 0 saturated heterocycles. The first-order valence-corrected chi connectivity index (χ1v) is 7.69. The number of nitrogens with one attached hydrogen (secondary N) is 2. The Bertz CT molecular complexity index is 866. The van der Waals surface area contributed by atoms with Gasteiger partial charge in [0.25, 0.3) is 5.91 Å². The minimum atomic E-state index is -0.485. The van der Waals surface area contributed by atoms with Gasteiger partial charge in [-0.3, -0.25) is 9.48 Å². The van der Waals surface area contributed by atoms with E-state index in [1.807, 2.05) is 37.5 Å². The van der Waals surface area contributed by atoms with Gasteiger partial charge in [0, 0.05) is 17.8 Å². The molecule has 2 heterocycles. The van der Waals surface area contributed by atoms with Crippen LogP contribution in [0, 0.1) is 6.92 Å². The number of fused-ring (bicyclic) bond motifs is 1. The van der Waals surface area contributed by atoms with Gasteiger partial charge in [0.1, 0.15) is 0 Å². The SMILES string of the molecule is Cc1cnn([C@H]2[C@H](O)C[C@@H]2NC(=O)c2cccc3cc[nH]c23)c1. The lowest BCUT2D eigenvalue weighted by Crippen LogP contribution is -2.56. The maximum atomic E-state index is 12.6. The van der Waals surface area contributed by atoms with E-state index in [0.717, 1.165) is 16.5 Å². The van der Waals surface area contributed by atoms with E-state index in [0.29, 0.717) is 12.0 Å². The van der Waals surface area contributed by atoms with Gasteiger partial charge in [0.05, 0.1) is 35.5 Å². The molecule has 0 unspecified atom stereocenters. The molecule has 3 aromatic rings. The van der Waals surface area contributed by atoms with E-state index in [2.05, 4.69) is 15.4 Å². The van der Waals surface area contributed by atoms with Crippen LogP contribution in [0.1, 0.15) is 28.4 Å². The highest BCUT2D eigenvalue weighted by atomic mass is 16.3. The molecule has 4 rings (SSSR count). The molecule has 6 heteroatoms. The number of hydrogen-bond donors (Lipinski definition) is 3. The third-order valence-corrected chi connectivity index (χ3v) is 4.49. The Morgan fingerprint density at radius 3 is 3.04 bits per heavy atom.